The molecule has 0 aromatic heterocycles. The van der Waals surface area contributed by atoms with E-state index in [0.29, 0.717) is 27.5 Å². The van der Waals surface area contributed by atoms with Gasteiger partial charge in [-0.05, 0) is 22.8 Å². The highest BCUT2D eigenvalue weighted by atomic mass is 35.5. The molecule has 2 atom stereocenters. The number of ether oxygens (including phenoxy) is 2. The van der Waals surface area contributed by atoms with Crippen molar-refractivity contribution in [3.8, 4) is 5.75 Å². The number of carbonyl (C=O) groups excluding carboxylic acids is 1. The SMILES string of the molecule is O=C(O)[C@H]1Cc2c(ccc(Cl)c2OCc2ccccc2)CN1C(=O)[C@@H](OC1CC(F)(F)C1)c1ccccc1. The Hall–Kier alpha value is -3.49. The maximum absolute atomic E-state index is 13.8. The van der Waals surface area contributed by atoms with Crippen LogP contribution in [0.25, 0.3) is 0 Å². The van der Waals surface area contributed by atoms with Gasteiger partial charge in [-0.15, -0.1) is 0 Å². The van der Waals surface area contributed by atoms with Crippen molar-refractivity contribution in [1.29, 1.82) is 0 Å². The van der Waals surface area contributed by atoms with E-state index < -0.39 is 48.9 Å². The number of halogens is 3. The van der Waals surface area contributed by atoms with Crippen molar-refractivity contribution in [1.82, 2.24) is 4.90 Å². The predicted molar refractivity (Wildman–Crippen MR) is 136 cm³/mol. The molecular weight excluding hydrogens is 516 g/mol. The van der Waals surface area contributed by atoms with E-state index in [0.717, 1.165) is 5.56 Å². The normalized spacial score (nSPS) is 19.2. The van der Waals surface area contributed by atoms with Crippen molar-refractivity contribution in [2.24, 2.45) is 0 Å². The van der Waals surface area contributed by atoms with Crippen LogP contribution in [-0.2, 0) is 33.9 Å². The maximum Gasteiger partial charge on any atom is 0.326 e. The van der Waals surface area contributed by atoms with E-state index >= 15 is 0 Å². The molecule has 0 unspecified atom stereocenters. The number of carbonyl (C=O) groups is 2. The first-order valence-electron chi connectivity index (χ1n) is 12.3. The Morgan fingerprint density at radius 1 is 1.03 bits per heavy atom. The summed E-state index contributed by atoms with van der Waals surface area (Å²) in [5.41, 5.74) is 2.73. The van der Waals surface area contributed by atoms with Gasteiger partial charge in [-0.25, -0.2) is 13.6 Å². The van der Waals surface area contributed by atoms with Gasteiger partial charge in [0.25, 0.3) is 11.8 Å². The highest BCUT2D eigenvalue weighted by Gasteiger charge is 2.49. The third-order valence-corrected chi connectivity index (χ3v) is 7.22. The second-order valence-corrected chi connectivity index (χ2v) is 10.0. The zero-order valence-electron chi connectivity index (χ0n) is 20.4. The fourth-order valence-corrected chi connectivity index (χ4v) is 5.13. The van der Waals surface area contributed by atoms with Crippen molar-refractivity contribution in [2.45, 2.75) is 56.6 Å². The number of nitrogens with zero attached hydrogens (tertiary/aromatic N) is 1. The van der Waals surface area contributed by atoms with Crippen molar-refractivity contribution in [2.75, 3.05) is 0 Å². The number of rotatable bonds is 8. The summed E-state index contributed by atoms with van der Waals surface area (Å²) < 4.78 is 38.9. The minimum absolute atomic E-state index is 0.0164. The van der Waals surface area contributed by atoms with E-state index in [9.17, 15) is 23.5 Å². The molecule has 1 aliphatic heterocycles. The molecule has 38 heavy (non-hydrogen) atoms. The lowest BCUT2D eigenvalue weighted by Gasteiger charge is -2.40. The van der Waals surface area contributed by atoms with Crippen LogP contribution in [-0.4, -0.2) is 40.0 Å². The van der Waals surface area contributed by atoms with Crippen LogP contribution in [0.1, 0.15) is 41.2 Å². The van der Waals surface area contributed by atoms with Gasteiger partial charge < -0.3 is 19.5 Å². The van der Waals surface area contributed by atoms with Gasteiger partial charge in [0.15, 0.2) is 6.10 Å². The summed E-state index contributed by atoms with van der Waals surface area (Å²) in [5, 5.41) is 10.5. The number of carboxylic acid groups (broad SMARTS) is 1. The Morgan fingerprint density at radius 2 is 1.68 bits per heavy atom. The highest BCUT2D eigenvalue weighted by molar-refractivity contribution is 6.32. The summed E-state index contributed by atoms with van der Waals surface area (Å²) in [6, 6.07) is 20.2. The molecule has 5 rings (SSSR count). The number of aliphatic carboxylic acids is 1. The quantitative estimate of drug-likeness (QED) is 0.389. The third kappa shape index (κ3) is 5.51. The average molecular weight is 542 g/mol. The van der Waals surface area contributed by atoms with E-state index in [1.807, 2.05) is 30.3 Å². The van der Waals surface area contributed by atoms with Gasteiger partial charge in [-0.3, -0.25) is 4.79 Å². The van der Waals surface area contributed by atoms with Crippen molar-refractivity contribution < 1.29 is 33.0 Å². The van der Waals surface area contributed by atoms with E-state index in [2.05, 4.69) is 0 Å². The lowest BCUT2D eigenvalue weighted by atomic mass is 9.90. The van der Waals surface area contributed by atoms with Crippen molar-refractivity contribution >= 4 is 23.5 Å². The number of hydrogen-bond acceptors (Lipinski definition) is 4. The second kappa shape index (κ2) is 10.7. The summed E-state index contributed by atoms with van der Waals surface area (Å²) in [6.45, 7) is 0.227. The standard InChI is InChI=1S/C29H26ClF2NO5/c30-23-12-11-20-16-33(24(28(35)36)13-22(20)26(23)37-17-18-7-3-1-4-8-18)27(34)25(19-9-5-2-6-10-19)38-21-14-29(31,32)15-21/h1-12,21,24-25H,13-17H2,(H,35,36)/t24-,25+/m1/s1. The summed E-state index contributed by atoms with van der Waals surface area (Å²) >= 11 is 6.45. The topological polar surface area (TPSA) is 76.1 Å². The predicted octanol–water partition coefficient (Wildman–Crippen LogP) is 5.81. The van der Waals surface area contributed by atoms with Crippen LogP contribution in [0.15, 0.2) is 72.8 Å². The lowest BCUT2D eigenvalue weighted by Crippen LogP contribution is -2.51. The summed E-state index contributed by atoms with van der Waals surface area (Å²) in [4.78, 5) is 27.4. The first-order valence-corrected chi connectivity index (χ1v) is 12.7. The Morgan fingerprint density at radius 3 is 2.32 bits per heavy atom. The van der Waals surface area contributed by atoms with Gasteiger partial charge in [-0.1, -0.05) is 78.3 Å². The first-order chi connectivity index (χ1) is 18.2. The minimum Gasteiger partial charge on any atom is -0.487 e. The fourth-order valence-electron chi connectivity index (χ4n) is 4.90. The molecule has 6 nitrogen and oxygen atoms in total. The van der Waals surface area contributed by atoms with Crippen LogP contribution < -0.4 is 4.74 Å². The number of carboxylic acids is 1. The maximum atomic E-state index is 13.8. The molecule has 0 radical (unpaired) electrons. The van der Waals surface area contributed by atoms with E-state index in [1.54, 1.807) is 42.5 Å². The number of amides is 1. The van der Waals surface area contributed by atoms with Crippen LogP contribution in [0.4, 0.5) is 8.78 Å². The summed E-state index contributed by atoms with van der Waals surface area (Å²) in [7, 11) is 0. The molecule has 3 aromatic carbocycles. The molecule has 0 saturated heterocycles. The van der Waals surface area contributed by atoms with Gasteiger partial charge in [-0.2, -0.15) is 0 Å². The number of alkyl halides is 2. The van der Waals surface area contributed by atoms with Crippen LogP contribution in [0.3, 0.4) is 0 Å². The van der Waals surface area contributed by atoms with Gasteiger partial charge in [0, 0.05) is 31.4 Å². The Labute approximate surface area is 223 Å². The zero-order valence-corrected chi connectivity index (χ0v) is 21.1. The van der Waals surface area contributed by atoms with Crippen LogP contribution >= 0.6 is 11.6 Å². The number of hydrogen-bond donors (Lipinski definition) is 1. The van der Waals surface area contributed by atoms with Crippen LogP contribution in [0.2, 0.25) is 5.02 Å². The number of benzene rings is 3. The fraction of sp³-hybridized carbons (Fsp3) is 0.310. The average Bonchev–Trinajstić information content (AvgIpc) is 2.90. The monoisotopic (exact) mass is 541 g/mol. The second-order valence-electron chi connectivity index (χ2n) is 9.63. The van der Waals surface area contributed by atoms with E-state index in [1.165, 1.54) is 4.90 Å². The lowest BCUT2D eigenvalue weighted by molar-refractivity contribution is -0.193. The molecule has 1 heterocycles. The molecule has 1 saturated carbocycles. The molecule has 1 fully saturated rings. The first kappa shape index (κ1) is 26.1. The Balaban J connectivity index is 1.43. The van der Waals surface area contributed by atoms with Crippen LogP contribution in [0.5, 0.6) is 5.75 Å². The van der Waals surface area contributed by atoms with Crippen molar-refractivity contribution in [3.63, 3.8) is 0 Å². The molecule has 1 N–H and O–H groups in total. The molecule has 198 valence electrons. The molecule has 9 heteroatoms. The largest absolute Gasteiger partial charge is 0.487 e. The molecular formula is C29H26ClF2NO5. The molecule has 2 aliphatic rings. The summed E-state index contributed by atoms with van der Waals surface area (Å²) in [5.74, 6) is -4.22. The third-order valence-electron chi connectivity index (χ3n) is 6.93. The molecule has 3 aromatic rings. The highest BCUT2D eigenvalue weighted by Crippen LogP contribution is 2.43. The smallest absolute Gasteiger partial charge is 0.326 e. The van der Waals surface area contributed by atoms with Gasteiger partial charge in [0.05, 0.1) is 11.1 Å². The minimum atomic E-state index is -2.82. The Kier molecular flexibility index (Phi) is 7.36. The molecule has 1 aliphatic carbocycles. The number of fused-ring (bicyclic) bond motifs is 1. The summed E-state index contributed by atoms with van der Waals surface area (Å²) in [6.07, 6.45) is -2.98. The van der Waals surface area contributed by atoms with Gasteiger partial charge in [0.1, 0.15) is 18.4 Å². The molecule has 0 spiro atoms. The van der Waals surface area contributed by atoms with Gasteiger partial charge in [0.2, 0.25) is 0 Å². The Bertz CT molecular complexity index is 1310. The van der Waals surface area contributed by atoms with E-state index in [4.69, 9.17) is 21.1 Å². The molecule has 0 bridgehead atoms. The van der Waals surface area contributed by atoms with Crippen LogP contribution in [0, 0.1) is 0 Å². The molecule has 1 amide bonds. The van der Waals surface area contributed by atoms with Crippen molar-refractivity contribution in [3.05, 3.63) is 100 Å². The van der Waals surface area contributed by atoms with E-state index in [-0.39, 0.29) is 19.6 Å². The zero-order chi connectivity index (χ0) is 26.9. The van der Waals surface area contributed by atoms with Gasteiger partial charge >= 0.3 is 5.97 Å².